The number of aryl methyl sites for hydroxylation is 1. The van der Waals surface area contributed by atoms with Gasteiger partial charge in [-0.1, -0.05) is 54.1 Å². The molecule has 1 aliphatic heterocycles. The number of ether oxygens (including phenoxy) is 1. The number of carbonyl (C=O) groups excluding carboxylic acids is 1. The van der Waals surface area contributed by atoms with Crippen molar-refractivity contribution in [1.29, 1.82) is 0 Å². The van der Waals surface area contributed by atoms with Gasteiger partial charge in [0.25, 0.3) is 5.91 Å². The molecule has 1 aromatic heterocycles. The number of hydrogen-bond acceptors (Lipinski definition) is 4. The van der Waals surface area contributed by atoms with Gasteiger partial charge in [-0.3, -0.25) is 9.69 Å². The Morgan fingerprint density at radius 2 is 1.64 bits per heavy atom. The molecule has 1 atom stereocenters. The highest BCUT2D eigenvalue weighted by Crippen LogP contribution is 2.30. The highest BCUT2D eigenvalue weighted by Gasteiger charge is 2.30. The molecular formula is C30H28ClF3N2O3. The Morgan fingerprint density at radius 1 is 0.974 bits per heavy atom. The van der Waals surface area contributed by atoms with Gasteiger partial charge in [-0.15, -0.1) is 0 Å². The van der Waals surface area contributed by atoms with Gasteiger partial charge in [0.15, 0.2) is 5.76 Å². The SMILES string of the molecule is Cc1c(C(=O)N2CCN(C[C@H](OCc3ccc(C(F)(F)F)cc3)c3ccc(Cl)cc3)CC2)oc2ccccc12. The number of furan rings is 1. The molecule has 1 saturated heterocycles. The number of rotatable bonds is 7. The normalized spacial score (nSPS) is 15.6. The maximum absolute atomic E-state index is 13.2. The van der Waals surface area contributed by atoms with Crippen molar-refractivity contribution < 1.29 is 27.1 Å². The van der Waals surface area contributed by atoms with Crippen molar-refractivity contribution in [2.24, 2.45) is 0 Å². The number of fused-ring (bicyclic) bond motifs is 1. The summed E-state index contributed by atoms with van der Waals surface area (Å²) in [7, 11) is 0. The van der Waals surface area contributed by atoms with Crippen LogP contribution in [0.1, 0.15) is 38.9 Å². The lowest BCUT2D eigenvalue weighted by molar-refractivity contribution is -0.137. The maximum Gasteiger partial charge on any atom is 0.416 e. The molecular weight excluding hydrogens is 529 g/mol. The third kappa shape index (κ3) is 6.30. The molecule has 0 saturated carbocycles. The van der Waals surface area contributed by atoms with Gasteiger partial charge in [-0.2, -0.15) is 13.2 Å². The molecule has 39 heavy (non-hydrogen) atoms. The molecule has 0 unspecified atom stereocenters. The quantitative estimate of drug-likeness (QED) is 0.243. The molecule has 5 rings (SSSR count). The Hall–Kier alpha value is -3.33. The topological polar surface area (TPSA) is 45.9 Å². The van der Waals surface area contributed by atoms with E-state index in [1.807, 2.05) is 48.2 Å². The van der Waals surface area contributed by atoms with Gasteiger partial charge in [0, 0.05) is 48.7 Å². The Balaban J connectivity index is 1.23. The monoisotopic (exact) mass is 556 g/mol. The second-order valence-electron chi connectivity index (χ2n) is 9.69. The van der Waals surface area contributed by atoms with E-state index in [1.165, 1.54) is 12.1 Å². The Morgan fingerprint density at radius 3 is 2.28 bits per heavy atom. The first-order chi connectivity index (χ1) is 18.7. The number of amides is 1. The van der Waals surface area contributed by atoms with Gasteiger partial charge in [0.05, 0.1) is 18.3 Å². The number of benzene rings is 3. The van der Waals surface area contributed by atoms with Gasteiger partial charge >= 0.3 is 6.18 Å². The zero-order valence-electron chi connectivity index (χ0n) is 21.4. The number of nitrogens with zero attached hydrogens (tertiary/aromatic N) is 2. The fourth-order valence-electron chi connectivity index (χ4n) is 4.81. The highest BCUT2D eigenvalue weighted by atomic mass is 35.5. The zero-order chi connectivity index (χ0) is 27.6. The molecule has 4 aromatic rings. The number of hydrogen-bond donors (Lipinski definition) is 0. The van der Waals surface area contributed by atoms with Crippen LogP contribution in [0.3, 0.4) is 0 Å². The minimum absolute atomic E-state index is 0.115. The third-order valence-corrected chi connectivity index (χ3v) is 7.35. The Kier molecular flexibility index (Phi) is 7.98. The summed E-state index contributed by atoms with van der Waals surface area (Å²) < 4.78 is 50.8. The van der Waals surface area contributed by atoms with E-state index in [0.29, 0.717) is 54.7 Å². The maximum atomic E-state index is 13.2. The molecule has 3 aromatic carbocycles. The van der Waals surface area contributed by atoms with Crippen LogP contribution in [0.4, 0.5) is 13.2 Å². The van der Waals surface area contributed by atoms with Gasteiger partial charge in [0.1, 0.15) is 5.58 Å². The summed E-state index contributed by atoms with van der Waals surface area (Å²) in [5.41, 5.74) is 2.43. The lowest BCUT2D eigenvalue weighted by atomic mass is 10.1. The number of piperazine rings is 1. The number of alkyl halides is 3. The minimum Gasteiger partial charge on any atom is -0.451 e. The fourth-order valence-corrected chi connectivity index (χ4v) is 4.93. The molecule has 1 aliphatic rings. The van der Waals surface area contributed by atoms with Crippen LogP contribution in [0.25, 0.3) is 11.0 Å². The highest BCUT2D eigenvalue weighted by molar-refractivity contribution is 6.30. The van der Waals surface area contributed by atoms with Crippen molar-refractivity contribution in [3.05, 3.63) is 106 Å². The van der Waals surface area contributed by atoms with E-state index < -0.39 is 11.7 Å². The first-order valence-corrected chi connectivity index (χ1v) is 13.1. The van der Waals surface area contributed by atoms with Crippen molar-refractivity contribution in [2.45, 2.75) is 25.8 Å². The van der Waals surface area contributed by atoms with E-state index in [-0.39, 0.29) is 18.6 Å². The van der Waals surface area contributed by atoms with Crippen molar-refractivity contribution in [3.63, 3.8) is 0 Å². The number of halogens is 4. The van der Waals surface area contributed by atoms with Crippen molar-refractivity contribution in [2.75, 3.05) is 32.7 Å². The Labute approximate surface area is 229 Å². The molecule has 0 aliphatic carbocycles. The summed E-state index contributed by atoms with van der Waals surface area (Å²) in [4.78, 5) is 17.3. The van der Waals surface area contributed by atoms with Crippen molar-refractivity contribution in [1.82, 2.24) is 9.80 Å². The minimum atomic E-state index is -4.38. The standard InChI is InChI=1S/C30H28ClF3N2O3/c1-20-25-4-2-3-5-26(25)39-28(20)29(37)36-16-14-35(15-17-36)18-27(22-8-12-24(31)13-9-22)38-19-21-6-10-23(11-7-21)30(32,33)34/h2-13,27H,14-19H2,1H3/t27-/m0/s1. The van der Waals surface area contributed by atoms with E-state index in [9.17, 15) is 18.0 Å². The number of para-hydroxylation sites is 1. The van der Waals surface area contributed by atoms with Gasteiger partial charge in [-0.25, -0.2) is 0 Å². The van der Waals surface area contributed by atoms with E-state index >= 15 is 0 Å². The molecule has 0 bridgehead atoms. The summed E-state index contributed by atoms with van der Waals surface area (Å²) in [6.45, 7) is 5.02. The fraction of sp³-hybridized carbons (Fsp3) is 0.300. The molecule has 9 heteroatoms. The van der Waals surface area contributed by atoms with E-state index in [2.05, 4.69) is 4.90 Å². The summed E-state index contributed by atoms with van der Waals surface area (Å²) >= 11 is 6.08. The van der Waals surface area contributed by atoms with Crippen molar-refractivity contribution >= 4 is 28.5 Å². The van der Waals surface area contributed by atoms with Crippen LogP contribution in [-0.4, -0.2) is 48.4 Å². The largest absolute Gasteiger partial charge is 0.451 e. The predicted octanol–water partition coefficient (Wildman–Crippen LogP) is 7.13. The van der Waals surface area contributed by atoms with Crippen LogP contribution >= 0.6 is 11.6 Å². The van der Waals surface area contributed by atoms with Crippen LogP contribution in [0.5, 0.6) is 0 Å². The summed E-state index contributed by atoms with van der Waals surface area (Å²) in [5.74, 6) is 0.264. The molecule has 204 valence electrons. The third-order valence-electron chi connectivity index (χ3n) is 7.10. The first kappa shape index (κ1) is 27.2. The molecule has 5 nitrogen and oxygen atoms in total. The average Bonchev–Trinajstić information content (AvgIpc) is 3.27. The van der Waals surface area contributed by atoms with Gasteiger partial charge in [0.2, 0.25) is 0 Å². The molecule has 0 spiro atoms. The van der Waals surface area contributed by atoms with Crippen LogP contribution in [0.15, 0.2) is 77.2 Å². The molecule has 0 radical (unpaired) electrons. The summed E-state index contributed by atoms with van der Waals surface area (Å²) in [5, 5.41) is 1.55. The van der Waals surface area contributed by atoms with Crippen LogP contribution in [0, 0.1) is 6.92 Å². The van der Waals surface area contributed by atoms with E-state index in [1.54, 1.807) is 12.1 Å². The Bertz CT molecular complexity index is 1430. The second kappa shape index (κ2) is 11.4. The average molecular weight is 557 g/mol. The summed E-state index contributed by atoms with van der Waals surface area (Å²) in [6, 6.07) is 20.0. The molecule has 1 fully saturated rings. The summed E-state index contributed by atoms with van der Waals surface area (Å²) in [6.07, 6.45) is -4.71. The lowest BCUT2D eigenvalue weighted by Gasteiger charge is -2.36. The van der Waals surface area contributed by atoms with Crippen LogP contribution in [-0.2, 0) is 17.5 Å². The lowest BCUT2D eigenvalue weighted by Crippen LogP contribution is -2.49. The van der Waals surface area contributed by atoms with Gasteiger partial charge < -0.3 is 14.1 Å². The van der Waals surface area contributed by atoms with E-state index in [4.69, 9.17) is 20.8 Å². The van der Waals surface area contributed by atoms with Crippen LogP contribution in [0.2, 0.25) is 5.02 Å². The van der Waals surface area contributed by atoms with E-state index in [0.717, 1.165) is 28.6 Å². The predicted molar refractivity (Wildman–Crippen MR) is 144 cm³/mol. The smallest absolute Gasteiger partial charge is 0.416 e. The molecule has 1 amide bonds. The van der Waals surface area contributed by atoms with Crippen molar-refractivity contribution in [3.8, 4) is 0 Å². The van der Waals surface area contributed by atoms with Gasteiger partial charge in [-0.05, 0) is 48.4 Å². The first-order valence-electron chi connectivity index (χ1n) is 12.7. The number of carbonyl (C=O) groups is 1. The van der Waals surface area contributed by atoms with Crippen LogP contribution < -0.4 is 0 Å². The molecule has 0 N–H and O–H groups in total. The zero-order valence-corrected chi connectivity index (χ0v) is 22.1. The molecule has 2 heterocycles. The second-order valence-corrected chi connectivity index (χ2v) is 10.1.